The summed E-state index contributed by atoms with van der Waals surface area (Å²) >= 11 is 0. The van der Waals surface area contributed by atoms with Crippen LogP contribution in [0.5, 0.6) is 5.75 Å². The second-order valence-corrected chi connectivity index (χ2v) is 8.83. The normalized spacial score (nSPS) is 15.1. The number of nitrogens with two attached hydrogens (primary N) is 1. The van der Waals surface area contributed by atoms with Gasteiger partial charge in [-0.05, 0) is 51.3 Å². The SMILES string of the molecule is Cc1cc(CCCNc2c(F)c(N)c3c(=O)c(C)cn4c3c2OC[C@@H]4C)c2ccccc2n1. The standard InChI is InChI=1S/C26H27FN4O2/c1-14-12-31-16(3)13-33-26-23(21(27)22(28)20(24(26)31)25(14)32)29-10-6-7-17-11-15(2)30-19-9-5-4-8-18(17)19/h4-5,8-9,11-12,16,29H,6-7,10,13,28H2,1-3H3/t16-/m0/s1. The highest BCUT2D eigenvalue weighted by Crippen LogP contribution is 2.43. The molecule has 0 amide bonds. The Balaban J connectivity index is 1.46. The van der Waals surface area contributed by atoms with Crippen molar-refractivity contribution in [2.75, 3.05) is 24.2 Å². The Hall–Kier alpha value is -3.61. The Morgan fingerprint density at radius 3 is 2.91 bits per heavy atom. The minimum atomic E-state index is -0.633. The molecule has 0 aliphatic carbocycles. The zero-order valence-electron chi connectivity index (χ0n) is 19.0. The minimum absolute atomic E-state index is 0.0141. The van der Waals surface area contributed by atoms with Crippen molar-refractivity contribution in [3.8, 4) is 5.75 Å². The summed E-state index contributed by atoms with van der Waals surface area (Å²) in [5, 5.41) is 4.53. The molecule has 0 spiro atoms. The molecule has 7 heteroatoms. The van der Waals surface area contributed by atoms with Gasteiger partial charge in [0.1, 0.15) is 12.3 Å². The fraction of sp³-hybridized carbons (Fsp3) is 0.308. The maximum absolute atomic E-state index is 15.3. The van der Waals surface area contributed by atoms with Crippen LogP contribution in [-0.2, 0) is 6.42 Å². The summed E-state index contributed by atoms with van der Waals surface area (Å²) in [7, 11) is 0. The van der Waals surface area contributed by atoms with E-state index in [1.807, 2.05) is 36.6 Å². The fourth-order valence-electron chi connectivity index (χ4n) is 4.73. The summed E-state index contributed by atoms with van der Waals surface area (Å²) in [5.74, 6) is -0.274. The molecule has 33 heavy (non-hydrogen) atoms. The van der Waals surface area contributed by atoms with E-state index in [1.165, 1.54) is 5.56 Å². The molecule has 1 aliphatic heterocycles. The topological polar surface area (TPSA) is 82.2 Å². The fourth-order valence-corrected chi connectivity index (χ4v) is 4.73. The molecular weight excluding hydrogens is 419 g/mol. The van der Waals surface area contributed by atoms with Gasteiger partial charge in [0.05, 0.1) is 28.1 Å². The van der Waals surface area contributed by atoms with Gasteiger partial charge in [-0.3, -0.25) is 9.78 Å². The van der Waals surface area contributed by atoms with Crippen molar-refractivity contribution in [1.82, 2.24) is 9.55 Å². The molecule has 0 bridgehead atoms. The number of aryl methyl sites for hydroxylation is 3. The summed E-state index contributed by atoms with van der Waals surface area (Å²) in [6.45, 7) is 6.64. The van der Waals surface area contributed by atoms with E-state index in [2.05, 4.69) is 22.4 Å². The number of anilines is 2. The van der Waals surface area contributed by atoms with Crippen molar-refractivity contribution in [1.29, 1.82) is 0 Å². The molecule has 6 nitrogen and oxygen atoms in total. The Kier molecular flexibility index (Phi) is 5.19. The highest BCUT2D eigenvalue weighted by Gasteiger charge is 2.28. The molecule has 4 aromatic rings. The van der Waals surface area contributed by atoms with Crippen LogP contribution in [0.3, 0.4) is 0 Å². The molecule has 1 atom stereocenters. The molecule has 0 saturated heterocycles. The van der Waals surface area contributed by atoms with Gasteiger partial charge in [0.15, 0.2) is 17.0 Å². The molecule has 5 rings (SSSR count). The third-order valence-electron chi connectivity index (χ3n) is 6.38. The summed E-state index contributed by atoms with van der Waals surface area (Å²) in [4.78, 5) is 17.4. The Morgan fingerprint density at radius 1 is 1.30 bits per heavy atom. The first-order chi connectivity index (χ1) is 15.9. The molecule has 1 aliphatic rings. The van der Waals surface area contributed by atoms with E-state index in [1.54, 1.807) is 13.1 Å². The van der Waals surface area contributed by atoms with E-state index < -0.39 is 5.82 Å². The Morgan fingerprint density at radius 2 is 2.09 bits per heavy atom. The first-order valence-electron chi connectivity index (χ1n) is 11.2. The summed E-state index contributed by atoms with van der Waals surface area (Å²) in [6.07, 6.45) is 3.40. The highest BCUT2D eigenvalue weighted by atomic mass is 19.1. The van der Waals surface area contributed by atoms with Crippen molar-refractivity contribution >= 4 is 33.2 Å². The number of hydrogen-bond acceptors (Lipinski definition) is 5. The van der Waals surface area contributed by atoms with Gasteiger partial charge in [0.2, 0.25) is 0 Å². The Bertz CT molecular complexity index is 1460. The Labute approximate surface area is 191 Å². The maximum atomic E-state index is 15.3. The van der Waals surface area contributed by atoms with Crippen LogP contribution in [0.4, 0.5) is 15.8 Å². The van der Waals surface area contributed by atoms with Gasteiger partial charge in [-0.1, -0.05) is 18.2 Å². The van der Waals surface area contributed by atoms with Crippen LogP contribution in [0.2, 0.25) is 0 Å². The van der Waals surface area contributed by atoms with Gasteiger partial charge in [-0.15, -0.1) is 0 Å². The third kappa shape index (κ3) is 3.48. The molecule has 3 heterocycles. The number of nitrogen functional groups attached to an aromatic ring is 1. The minimum Gasteiger partial charge on any atom is -0.487 e. The van der Waals surface area contributed by atoms with Crippen LogP contribution >= 0.6 is 0 Å². The molecule has 3 N–H and O–H groups in total. The van der Waals surface area contributed by atoms with Crippen molar-refractivity contribution < 1.29 is 9.13 Å². The number of para-hydroxylation sites is 1. The first kappa shape index (κ1) is 21.2. The molecule has 2 aromatic carbocycles. The van der Waals surface area contributed by atoms with Gasteiger partial charge in [-0.2, -0.15) is 0 Å². The number of nitrogens with zero attached hydrogens (tertiary/aromatic N) is 2. The van der Waals surface area contributed by atoms with Crippen LogP contribution in [0.15, 0.2) is 41.3 Å². The summed E-state index contributed by atoms with van der Waals surface area (Å²) < 4.78 is 23.2. The average molecular weight is 447 g/mol. The predicted octanol–water partition coefficient (Wildman–Crippen LogP) is 4.89. The van der Waals surface area contributed by atoms with Crippen molar-refractivity contribution in [2.45, 2.75) is 39.7 Å². The van der Waals surface area contributed by atoms with E-state index in [-0.39, 0.29) is 28.2 Å². The number of rotatable bonds is 5. The zero-order chi connectivity index (χ0) is 23.3. The van der Waals surface area contributed by atoms with E-state index in [0.717, 1.165) is 29.4 Å². The highest BCUT2D eigenvalue weighted by molar-refractivity contribution is 6.00. The molecule has 2 aromatic heterocycles. The van der Waals surface area contributed by atoms with Crippen LogP contribution in [0, 0.1) is 19.7 Å². The van der Waals surface area contributed by atoms with E-state index in [4.69, 9.17) is 10.5 Å². The lowest BCUT2D eigenvalue weighted by Gasteiger charge is -2.29. The maximum Gasteiger partial charge on any atom is 0.194 e. The van der Waals surface area contributed by atoms with Gasteiger partial charge < -0.3 is 20.4 Å². The smallest absolute Gasteiger partial charge is 0.194 e. The molecular formula is C26H27FN4O2. The lowest BCUT2D eigenvalue weighted by atomic mass is 10.0. The number of aromatic nitrogens is 2. The molecule has 0 radical (unpaired) electrons. The second-order valence-electron chi connectivity index (χ2n) is 8.83. The number of benzene rings is 2. The number of nitrogens with one attached hydrogen (secondary N) is 1. The van der Waals surface area contributed by atoms with Gasteiger partial charge in [-0.25, -0.2) is 4.39 Å². The van der Waals surface area contributed by atoms with E-state index >= 15 is 4.39 Å². The molecule has 0 unspecified atom stereocenters. The lowest BCUT2D eigenvalue weighted by molar-refractivity contribution is 0.247. The molecule has 0 fully saturated rings. The number of pyridine rings is 2. The largest absolute Gasteiger partial charge is 0.487 e. The van der Waals surface area contributed by atoms with Crippen LogP contribution in [0.25, 0.3) is 21.8 Å². The predicted molar refractivity (Wildman–Crippen MR) is 131 cm³/mol. The third-order valence-corrected chi connectivity index (χ3v) is 6.38. The lowest BCUT2D eigenvalue weighted by Crippen LogP contribution is -2.26. The average Bonchev–Trinajstić information content (AvgIpc) is 2.79. The van der Waals surface area contributed by atoms with Crippen LogP contribution in [0.1, 0.15) is 36.2 Å². The van der Waals surface area contributed by atoms with Gasteiger partial charge in [0, 0.05) is 29.4 Å². The quantitative estimate of drug-likeness (QED) is 0.337. The molecule has 0 saturated carbocycles. The zero-order valence-corrected chi connectivity index (χ0v) is 19.0. The second kappa shape index (κ2) is 8.06. The number of fused-ring (bicyclic) bond motifs is 1. The number of ether oxygens (including phenoxy) is 1. The summed E-state index contributed by atoms with van der Waals surface area (Å²) in [6, 6.07) is 10.2. The van der Waals surface area contributed by atoms with Crippen molar-refractivity contribution in [3.63, 3.8) is 0 Å². The van der Waals surface area contributed by atoms with Crippen molar-refractivity contribution in [2.24, 2.45) is 0 Å². The molecule has 170 valence electrons. The first-order valence-corrected chi connectivity index (χ1v) is 11.2. The van der Waals surface area contributed by atoms with E-state index in [9.17, 15) is 4.79 Å². The van der Waals surface area contributed by atoms with Gasteiger partial charge >= 0.3 is 0 Å². The van der Waals surface area contributed by atoms with Crippen LogP contribution < -0.4 is 21.2 Å². The van der Waals surface area contributed by atoms with Crippen molar-refractivity contribution in [3.05, 3.63) is 69.4 Å². The van der Waals surface area contributed by atoms with Gasteiger partial charge in [0.25, 0.3) is 0 Å². The number of halogens is 1. The monoisotopic (exact) mass is 446 g/mol. The van der Waals surface area contributed by atoms with Crippen LogP contribution in [-0.4, -0.2) is 22.7 Å². The van der Waals surface area contributed by atoms with E-state index in [0.29, 0.717) is 30.0 Å². The summed E-state index contributed by atoms with van der Waals surface area (Å²) in [5.41, 5.74) is 10.2. The number of hydrogen-bond donors (Lipinski definition) is 2.